The van der Waals surface area contributed by atoms with Gasteiger partial charge in [0.25, 0.3) is 0 Å². The Morgan fingerprint density at radius 3 is 2.56 bits per heavy atom. The van der Waals surface area contributed by atoms with Crippen molar-refractivity contribution in [2.24, 2.45) is 0 Å². The molecule has 18 heavy (non-hydrogen) atoms. The fraction of sp³-hybridized carbons (Fsp3) is 0.429. The summed E-state index contributed by atoms with van der Waals surface area (Å²) in [5.74, 6) is 0. The minimum Gasteiger partial charge on any atom is -0.351 e. The summed E-state index contributed by atoms with van der Waals surface area (Å²) in [5, 5.41) is 1.89. The first-order valence-electron chi connectivity index (χ1n) is 6.22. The summed E-state index contributed by atoms with van der Waals surface area (Å²) in [5.41, 5.74) is 1.14. The fourth-order valence-electron chi connectivity index (χ4n) is 2.02. The number of hydrogen-bond donors (Lipinski definition) is 0. The van der Waals surface area contributed by atoms with E-state index in [1.165, 1.54) is 0 Å². The molecule has 98 valence electrons. The van der Waals surface area contributed by atoms with Crippen molar-refractivity contribution in [2.75, 3.05) is 13.2 Å². The second-order valence-corrected chi connectivity index (χ2v) is 4.45. The zero-order chi connectivity index (χ0) is 13.0. The number of ether oxygens (including phenoxy) is 2. The second-order valence-electron chi connectivity index (χ2n) is 4.01. The van der Waals surface area contributed by atoms with Crippen LogP contribution in [-0.4, -0.2) is 24.1 Å². The lowest BCUT2D eigenvalue weighted by Crippen LogP contribution is -2.23. The van der Waals surface area contributed by atoms with Gasteiger partial charge in [0.15, 0.2) is 6.29 Å². The summed E-state index contributed by atoms with van der Waals surface area (Å²) in [6, 6.07) is 7.93. The van der Waals surface area contributed by atoms with Crippen LogP contribution in [0.4, 0.5) is 0 Å². The molecule has 1 heterocycles. The van der Waals surface area contributed by atoms with Gasteiger partial charge in [-0.3, -0.25) is 0 Å². The Bertz CT molecular complexity index is 503. The number of rotatable bonds is 6. The average Bonchev–Trinajstić information content (AvgIpc) is 2.72. The van der Waals surface area contributed by atoms with Gasteiger partial charge in [0.05, 0.1) is 6.54 Å². The van der Waals surface area contributed by atoms with Crippen molar-refractivity contribution < 1.29 is 9.47 Å². The molecule has 0 aliphatic rings. The quantitative estimate of drug-likeness (QED) is 0.745. The van der Waals surface area contributed by atoms with Crippen LogP contribution >= 0.6 is 11.6 Å². The van der Waals surface area contributed by atoms with E-state index < -0.39 is 0 Å². The Labute approximate surface area is 112 Å². The Morgan fingerprint density at radius 1 is 1.17 bits per heavy atom. The lowest BCUT2D eigenvalue weighted by Gasteiger charge is -2.18. The smallest absolute Gasteiger partial charge is 0.175 e. The van der Waals surface area contributed by atoms with Crippen LogP contribution in [0.15, 0.2) is 30.5 Å². The number of nitrogens with zero attached hydrogens (tertiary/aromatic N) is 1. The van der Waals surface area contributed by atoms with Gasteiger partial charge in [-0.05, 0) is 38.1 Å². The molecule has 0 saturated heterocycles. The van der Waals surface area contributed by atoms with E-state index in [0.717, 1.165) is 15.9 Å². The van der Waals surface area contributed by atoms with Gasteiger partial charge in [-0.1, -0.05) is 11.6 Å². The van der Waals surface area contributed by atoms with Crippen molar-refractivity contribution >= 4 is 22.5 Å². The standard InChI is InChI=1S/C14H18ClNO2/c1-3-17-14(18-4-2)10-16-8-7-11-9-12(15)5-6-13(11)16/h5-9,14H,3-4,10H2,1-2H3. The van der Waals surface area contributed by atoms with Crippen LogP contribution < -0.4 is 0 Å². The number of benzene rings is 1. The zero-order valence-corrected chi connectivity index (χ0v) is 11.5. The highest BCUT2D eigenvalue weighted by molar-refractivity contribution is 6.31. The van der Waals surface area contributed by atoms with Crippen LogP contribution in [-0.2, 0) is 16.0 Å². The second kappa shape index (κ2) is 6.23. The van der Waals surface area contributed by atoms with Crippen LogP contribution in [0.5, 0.6) is 0 Å². The molecule has 0 saturated carbocycles. The van der Waals surface area contributed by atoms with Crippen molar-refractivity contribution in [2.45, 2.75) is 26.7 Å². The van der Waals surface area contributed by atoms with Gasteiger partial charge in [0, 0.05) is 35.3 Å². The molecule has 0 aliphatic carbocycles. The van der Waals surface area contributed by atoms with Crippen molar-refractivity contribution in [1.29, 1.82) is 0 Å². The van der Waals surface area contributed by atoms with Crippen LogP contribution in [0, 0.1) is 0 Å². The molecule has 2 aromatic rings. The van der Waals surface area contributed by atoms with E-state index in [1.54, 1.807) is 0 Å². The van der Waals surface area contributed by atoms with E-state index in [1.807, 2.05) is 38.2 Å². The molecule has 2 rings (SSSR count). The first kappa shape index (κ1) is 13.4. The molecule has 3 nitrogen and oxygen atoms in total. The van der Waals surface area contributed by atoms with Gasteiger partial charge in [-0.2, -0.15) is 0 Å². The van der Waals surface area contributed by atoms with E-state index in [-0.39, 0.29) is 6.29 Å². The van der Waals surface area contributed by atoms with Gasteiger partial charge in [0.2, 0.25) is 0 Å². The summed E-state index contributed by atoms with van der Waals surface area (Å²) in [7, 11) is 0. The number of fused-ring (bicyclic) bond motifs is 1. The van der Waals surface area contributed by atoms with Gasteiger partial charge in [-0.15, -0.1) is 0 Å². The first-order chi connectivity index (χ1) is 8.74. The van der Waals surface area contributed by atoms with Crippen molar-refractivity contribution in [3.8, 4) is 0 Å². The molecular formula is C14H18ClNO2. The largest absolute Gasteiger partial charge is 0.351 e. The van der Waals surface area contributed by atoms with Crippen LogP contribution in [0.25, 0.3) is 10.9 Å². The molecule has 0 atom stereocenters. The first-order valence-corrected chi connectivity index (χ1v) is 6.60. The minimum atomic E-state index is -0.203. The average molecular weight is 268 g/mol. The Balaban J connectivity index is 2.19. The number of halogens is 1. The highest BCUT2D eigenvalue weighted by Crippen LogP contribution is 2.21. The fourth-order valence-corrected chi connectivity index (χ4v) is 2.20. The molecule has 0 N–H and O–H groups in total. The third kappa shape index (κ3) is 3.05. The molecule has 0 fully saturated rings. The van der Waals surface area contributed by atoms with Crippen molar-refractivity contribution in [3.63, 3.8) is 0 Å². The predicted octanol–water partition coefficient (Wildman–Crippen LogP) is 3.69. The summed E-state index contributed by atoms with van der Waals surface area (Å²) in [6.07, 6.45) is 1.83. The van der Waals surface area contributed by atoms with Crippen LogP contribution in [0.2, 0.25) is 5.02 Å². The van der Waals surface area contributed by atoms with E-state index in [2.05, 4.69) is 10.6 Å². The molecule has 0 bridgehead atoms. The normalized spacial score (nSPS) is 11.6. The van der Waals surface area contributed by atoms with E-state index in [4.69, 9.17) is 21.1 Å². The molecule has 0 aliphatic heterocycles. The Morgan fingerprint density at radius 2 is 1.89 bits per heavy atom. The van der Waals surface area contributed by atoms with Crippen molar-refractivity contribution in [3.05, 3.63) is 35.5 Å². The molecule has 1 aromatic carbocycles. The van der Waals surface area contributed by atoms with Crippen molar-refractivity contribution in [1.82, 2.24) is 4.57 Å². The van der Waals surface area contributed by atoms with Crippen LogP contribution in [0.3, 0.4) is 0 Å². The highest BCUT2D eigenvalue weighted by Gasteiger charge is 2.10. The molecule has 0 unspecified atom stereocenters. The summed E-state index contributed by atoms with van der Waals surface area (Å²) in [6.45, 7) is 5.93. The molecule has 0 amide bonds. The highest BCUT2D eigenvalue weighted by atomic mass is 35.5. The number of aromatic nitrogens is 1. The maximum absolute atomic E-state index is 5.97. The zero-order valence-electron chi connectivity index (χ0n) is 10.7. The van der Waals surface area contributed by atoms with Crippen LogP contribution in [0.1, 0.15) is 13.8 Å². The maximum Gasteiger partial charge on any atom is 0.175 e. The third-order valence-electron chi connectivity index (χ3n) is 2.78. The monoisotopic (exact) mass is 267 g/mol. The number of hydrogen-bond acceptors (Lipinski definition) is 2. The predicted molar refractivity (Wildman–Crippen MR) is 74.0 cm³/mol. The molecular weight excluding hydrogens is 250 g/mol. The summed E-state index contributed by atoms with van der Waals surface area (Å²) in [4.78, 5) is 0. The summed E-state index contributed by atoms with van der Waals surface area (Å²) >= 11 is 5.97. The maximum atomic E-state index is 5.97. The molecule has 1 aromatic heterocycles. The lowest BCUT2D eigenvalue weighted by atomic mass is 10.2. The van der Waals surface area contributed by atoms with E-state index in [9.17, 15) is 0 Å². The molecule has 0 radical (unpaired) electrons. The third-order valence-corrected chi connectivity index (χ3v) is 3.02. The van der Waals surface area contributed by atoms with Gasteiger partial charge in [0.1, 0.15) is 0 Å². The molecule has 4 heteroatoms. The van der Waals surface area contributed by atoms with Gasteiger partial charge in [-0.25, -0.2) is 0 Å². The Hall–Kier alpha value is -1.03. The Kier molecular flexibility index (Phi) is 4.64. The minimum absolute atomic E-state index is 0.203. The van der Waals surface area contributed by atoms with E-state index in [0.29, 0.717) is 19.8 Å². The topological polar surface area (TPSA) is 23.4 Å². The van der Waals surface area contributed by atoms with Gasteiger partial charge < -0.3 is 14.0 Å². The molecule has 0 spiro atoms. The lowest BCUT2D eigenvalue weighted by molar-refractivity contribution is -0.143. The summed E-state index contributed by atoms with van der Waals surface area (Å²) < 4.78 is 13.2. The van der Waals surface area contributed by atoms with Gasteiger partial charge >= 0.3 is 0 Å². The van der Waals surface area contributed by atoms with E-state index >= 15 is 0 Å². The SMILES string of the molecule is CCOC(Cn1ccc2cc(Cl)ccc21)OCC.